The van der Waals surface area contributed by atoms with Crippen LogP contribution in [0.2, 0.25) is 0 Å². The molecule has 178 valence electrons. The number of hydrogen-bond donors (Lipinski definition) is 1. The van der Waals surface area contributed by atoms with Gasteiger partial charge in [0, 0.05) is 51.2 Å². The Morgan fingerprint density at radius 3 is 2.44 bits per heavy atom. The van der Waals surface area contributed by atoms with E-state index in [0.717, 1.165) is 22.5 Å². The summed E-state index contributed by atoms with van der Waals surface area (Å²) < 4.78 is 45.2. The first-order valence-corrected chi connectivity index (χ1v) is 10.3. The number of alkyl halides is 3. The first-order valence-electron chi connectivity index (χ1n) is 10.3. The Labute approximate surface area is 192 Å². The van der Waals surface area contributed by atoms with Crippen molar-refractivity contribution in [3.63, 3.8) is 0 Å². The van der Waals surface area contributed by atoms with Crippen LogP contribution in [0.5, 0.6) is 11.5 Å². The van der Waals surface area contributed by atoms with E-state index < -0.39 is 23.9 Å². The van der Waals surface area contributed by atoms with Crippen LogP contribution in [-0.4, -0.2) is 67.9 Å². The van der Waals surface area contributed by atoms with Crippen LogP contribution in [-0.2, 0) is 12.7 Å². The van der Waals surface area contributed by atoms with Crippen molar-refractivity contribution in [3.05, 3.63) is 71.8 Å². The van der Waals surface area contributed by atoms with Crippen LogP contribution in [0, 0.1) is 0 Å². The van der Waals surface area contributed by atoms with E-state index in [2.05, 4.69) is 15.0 Å². The van der Waals surface area contributed by atoms with Gasteiger partial charge >= 0.3 is 18.2 Å². The molecule has 2 aromatic heterocycles. The summed E-state index contributed by atoms with van der Waals surface area (Å²) in [5.41, 5.74) is -0.320. The second kappa shape index (κ2) is 9.51. The Hall–Kier alpha value is -3.93. The molecule has 1 fully saturated rings. The number of aromatic carboxylic acids is 1. The molecule has 9 nitrogen and oxygen atoms in total. The Bertz CT molecular complexity index is 1190. The number of rotatable bonds is 5. The number of ether oxygens (including phenoxy) is 1. The van der Waals surface area contributed by atoms with Gasteiger partial charge in [0.15, 0.2) is 5.69 Å². The van der Waals surface area contributed by atoms with Gasteiger partial charge < -0.3 is 14.7 Å². The lowest BCUT2D eigenvalue weighted by Crippen LogP contribution is -2.49. The summed E-state index contributed by atoms with van der Waals surface area (Å²) in [7, 11) is 0. The highest BCUT2D eigenvalue weighted by atomic mass is 19.4. The molecule has 0 radical (unpaired) electrons. The zero-order chi connectivity index (χ0) is 24.3. The second-order valence-electron chi connectivity index (χ2n) is 7.62. The average molecular weight is 475 g/mol. The predicted molar refractivity (Wildman–Crippen MR) is 113 cm³/mol. The average Bonchev–Trinajstić information content (AvgIpc) is 3.30. The first-order chi connectivity index (χ1) is 16.2. The molecule has 3 aromatic rings. The topological polar surface area (TPSA) is 101 Å². The molecular formula is C22H20F3N5O4. The Balaban J connectivity index is 1.33. The van der Waals surface area contributed by atoms with Crippen LogP contribution < -0.4 is 4.74 Å². The molecule has 1 amide bonds. The fourth-order valence-electron chi connectivity index (χ4n) is 3.52. The number of carboxylic acid groups (broad SMARTS) is 1. The Morgan fingerprint density at radius 1 is 1.03 bits per heavy atom. The van der Waals surface area contributed by atoms with E-state index in [1.54, 1.807) is 23.1 Å². The van der Waals surface area contributed by atoms with Gasteiger partial charge in [-0.05, 0) is 29.8 Å². The molecular weight excluding hydrogens is 455 g/mol. The summed E-state index contributed by atoms with van der Waals surface area (Å²) in [5, 5.41) is 12.7. The molecule has 0 unspecified atom stereocenters. The second-order valence-corrected chi connectivity index (χ2v) is 7.62. The zero-order valence-electron chi connectivity index (χ0n) is 17.8. The zero-order valence-corrected chi connectivity index (χ0v) is 17.8. The van der Waals surface area contributed by atoms with Crippen LogP contribution in [0.25, 0.3) is 0 Å². The number of aromatic nitrogens is 3. The maximum Gasteiger partial charge on any atom is 0.433 e. The molecule has 1 aliphatic heterocycles. The third kappa shape index (κ3) is 5.52. The molecule has 0 atom stereocenters. The van der Waals surface area contributed by atoms with Gasteiger partial charge in [-0.2, -0.15) is 23.0 Å². The highest BCUT2D eigenvalue weighted by molar-refractivity contribution is 5.86. The number of hydrogen-bond acceptors (Lipinski definition) is 6. The van der Waals surface area contributed by atoms with Gasteiger partial charge in [0.05, 0.1) is 0 Å². The number of piperazine rings is 1. The molecule has 12 heteroatoms. The molecule has 0 bridgehead atoms. The molecule has 34 heavy (non-hydrogen) atoms. The van der Waals surface area contributed by atoms with Crippen molar-refractivity contribution in [2.75, 3.05) is 26.2 Å². The lowest BCUT2D eigenvalue weighted by atomic mass is 10.2. The summed E-state index contributed by atoms with van der Waals surface area (Å²) in [6.07, 6.45) is -2.18. The summed E-state index contributed by atoms with van der Waals surface area (Å²) in [4.78, 5) is 30.5. The Kier molecular flexibility index (Phi) is 6.50. The van der Waals surface area contributed by atoms with Gasteiger partial charge in [-0.1, -0.05) is 12.1 Å². The summed E-state index contributed by atoms with van der Waals surface area (Å²) >= 11 is 0. The largest absolute Gasteiger partial charge is 0.476 e. The molecule has 3 heterocycles. The predicted octanol–water partition coefficient (Wildman–Crippen LogP) is 3.57. The molecule has 1 saturated heterocycles. The quantitative estimate of drug-likeness (QED) is 0.602. The Morgan fingerprint density at radius 2 is 1.76 bits per heavy atom. The van der Waals surface area contributed by atoms with E-state index >= 15 is 0 Å². The molecule has 1 aromatic carbocycles. The van der Waals surface area contributed by atoms with Gasteiger partial charge in [-0.3, -0.25) is 9.88 Å². The summed E-state index contributed by atoms with van der Waals surface area (Å²) in [6, 6.07) is 10.1. The van der Waals surface area contributed by atoms with Crippen molar-refractivity contribution in [1.29, 1.82) is 0 Å². The monoisotopic (exact) mass is 475 g/mol. The maximum absolute atomic E-state index is 12.9. The molecule has 0 spiro atoms. The van der Waals surface area contributed by atoms with Gasteiger partial charge in [0.25, 0.3) is 0 Å². The van der Waals surface area contributed by atoms with Gasteiger partial charge in [-0.25, -0.2) is 9.59 Å². The highest BCUT2D eigenvalue weighted by Gasteiger charge is 2.32. The third-order valence-electron chi connectivity index (χ3n) is 5.21. The number of amides is 1. The molecule has 1 N–H and O–H groups in total. The highest BCUT2D eigenvalue weighted by Crippen LogP contribution is 2.31. The van der Waals surface area contributed by atoms with E-state index in [1.165, 1.54) is 18.3 Å². The van der Waals surface area contributed by atoms with Gasteiger partial charge in [0.1, 0.15) is 17.2 Å². The third-order valence-corrected chi connectivity index (χ3v) is 5.21. The van der Waals surface area contributed by atoms with Crippen molar-refractivity contribution >= 4 is 12.0 Å². The maximum atomic E-state index is 12.9. The van der Waals surface area contributed by atoms with E-state index in [-0.39, 0.29) is 11.4 Å². The van der Waals surface area contributed by atoms with Gasteiger partial charge in [-0.15, -0.1) is 0 Å². The van der Waals surface area contributed by atoms with Crippen LogP contribution in [0.4, 0.5) is 18.0 Å². The summed E-state index contributed by atoms with van der Waals surface area (Å²) in [6.45, 7) is 2.61. The van der Waals surface area contributed by atoms with Crippen molar-refractivity contribution < 1.29 is 32.6 Å². The number of carbonyl (C=O) groups excluding carboxylic acids is 1. The fraction of sp³-hybridized carbons (Fsp3) is 0.273. The molecule has 0 aliphatic carbocycles. The first kappa shape index (κ1) is 23.2. The number of nitrogens with zero attached hydrogens (tertiary/aromatic N) is 5. The van der Waals surface area contributed by atoms with E-state index in [9.17, 15) is 22.8 Å². The van der Waals surface area contributed by atoms with Gasteiger partial charge in [0.2, 0.25) is 0 Å². The minimum atomic E-state index is -4.55. The normalized spacial score (nSPS) is 14.7. The van der Waals surface area contributed by atoms with E-state index in [4.69, 9.17) is 9.84 Å². The standard InChI is InChI=1S/C22H20F3N5O4/c23-22(24,25)19-13-17(4-6-26-19)34-16-3-1-2-15(12-16)14-28-8-10-29(11-9-28)21(33)30-7-5-18(27-30)20(31)32/h1-7,12-13H,8-11,14H2,(H,31,32). The van der Waals surface area contributed by atoms with Crippen LogP contribution in [0.15, 0.2) is 54.9 Å². The number of benzene rings is 1. The van der Waals surface area contributed by atoms with E-state index in [1.807, 2.05) is 6.07 Å². The van der Waals surface area contributed by atoms with E-state index in [0.29, 0.717) is 38.5 Å². The molecule has 0 saturated carbocycles. The number of carboxylic acids is 1. The lowest BCUT2D eigenvalue weighted by molar-refractivity contribution is -0.141. The van der Waals surface area contributed by atoms with Crippen molar-refractivity contribution in [2.45, 2.75) is 12.7 Å². The van der Waals surface area contributed by atoms with Crippen LogP contribution in [0.3, 0.4) is 0 Å². The number of carbonyl (C=O) groups is 2. The smallest absolute Gasteiger partial charge is 0.433 e. The number of halogens is 3. The van der Waals surface area contributed by atoms with Crippen molar-refractivity contribution in [3.8, 4) is 11.5 Å². The minimum Gasteiger partial charge on any atom is -0.476 e. The van der Waals surface area contributed by atoms with Crippen molar-refractivity contribution in [1.82, 2.24) is 24.6 Å². The lowest BCUT2D eigenvalue weighted by Gasteiger charge is -2.34. The van der Waals surface area contributed by atoms with Crippen molar-refractivity contribution in [2.24, 2.45) is 0 Å². The number of pyridine rings is 1. The van der Waals surface area contributed by atoms with Crippen LogP contribution in [0.1, 0.15) is 21.7 Å². The SMILES string of the molecule is O=C(O)c1ccn(C(=O)N2CCN(Cc3cccc(Oc4ccnc(C(F)(F)F)c4)c3)CC2)n1. The fourth-order valence-corrected chi connectivity index (χ4v) is 3.52. The molecule has 4 rings (SSSR count). The summed E-state index contributed by atoms with van der Waals surface area (Å²) in [5.74, 6) is -0.762. The minimum absolute atomic E-state index is 0.0382. The molecule has 1 aliphatic rings. The van der Waals surface area contributed by atoms with Crippen LogP contribution >= 0.6 is 0 Å².